The normalized spacial score (nSPS) is 17.4. The number of aryl methyl sites for hydroxylation is 1. The minimum absolute atomic E-state index is 0.137. The van der Waals surface area contributed by atoms with Crippen LogP contribution in [0.3, 0.4) is 0 Å². The molecule has 2 aliphatic rings. The third-order valence-corrected chi connectivity index (χ3v) is 6.12. The highest BCUT2D eigenvalue weighted by Gasteiger charge is 2.28. The van der Waals surface area contributed by atoms with Gasteiger partial charge in [-0.05, 0) is 38.3 Å². The van der Waals surface area contributed by atoms with Gasteiger partial charge in [0.25, 0.3) is 5.91 Å². The quantitative estimate of drug-likeness (QED) is 0.718. The minimum atomic E-state index is -0.489. The summed E-state index contributed by atoms with van der Waals surface area (Å²) in [6.07, 6.45) is 3.29. The van der Waals surface area contributed by atoms with E-state index < -0.39 is 17.2 Å². The van der Waals surface area contributed by atoms with Crippen molar-refractivity contribution >= 4 is 11.8 Å². The monoisotopic (exact) mass is 441 g/mol. The Morgan fingerprint density at radius 1 is 0.969 bits per heavy atom. The van der Waals surface area contributed by atoms with Gasteiger partial charge in [0.15, 0.2) is 5.69 Å². The Balaban J connectivity index is 1.43. The van der Waals surface area contributed by atoms with E-state index >= 15 is 0 Å². The molecule has 2 aliphatic heterocycles. The Kier molecular flexibility index (Phi) is 6.64. The minimum Gasteiger partial charge on any atom is -0.342 e. The molecule has 2 aromatic rings. The number of piperazine rings is 1. The zero-order valence-electron chi connectivity index (χ0n) is 18.3. The van der Waals surface area contributed by atoms with E-state index in [1.165, 1.54) is 23.2 Å². The van der Waals surface area contributed by atoms with E-state index in [0.29, 0.717) is 38.4 Å². The lowest BCUT2D eigenvalue weighted by atomic mass is 10.1. The van der Waals surface area contributed by atoms with Crippen molar-refractivity contribution in [3.63, 3.8) is 0 Å². The van der Waals surface area contributed by atoms with Gasteiger partial charge in [-0.1, -0.05) is 12.1 Å². The maximum atomic E-state index is 14.3. The Bertz CT molecular complexity index is 1060. The Labute approximate surface area is 186 Å². The molecule has 0 N–H and O–H groups in total. The molecular formula is C23H28FN5O3. The summed E-state index contributed by atoms with van der Waals surface area (Å²) in [4.78, 5) is 43.6. The van der Waals surface area contributed by atoms with Crippen molar-refractivity contribution in [2.75, 3.05) is 45.8 Å². The fourth-order valence-corrected chi connectivity index (χ4v) is 4.26. The van der Waals surface area contributed by atoms with Crippen LogP contribution in [0, 0.1) is 12.7 Å². The second-order valence-electron chi connectivity index (χ2n) is 8.37. The SMILES string of the molecule is Cc1cc(=O)c(C(=O)N2CCN(CC(=O)N3CCCCC3)CC2)nn1-c1ccccc1F. The molecular weight excluding hydrogens is 413 g/mol. The predicted molar refractivity (Wildman–Crippen MR) is 117 cm³/mol. The van der Waals surface area contributed by atoms with Crippen LogP contribution in [-0.4, -0.2) is 82.1 Å². The highest BCUT2D eigenvalue weighted by Crippen LogP contribution is 2.14. The molecule has 170 valence electrons. The average molecular weight is 442 g/mol. The van der Waals surface area contributed by atoms with Crippen LogP contribution in [0.25, 0.3) is 5.69 Å². The van der Waals surface area contributed by atoms with E-state index in [2.05, 4.69) is 5.10 Å². The molecule has 1 aromatic heterocycles. The molecule has 0 atom stereocenters. The summed E-state index contributed by atoms with van der Waals surface area (Å²) < 4.78 is 15.5. The summed E-state index contributed by atoms with van der Waals surface area (Å²) in [7, 11) is 0. The number of aromatic nitrogens is 2. The van der Waals surface area contributed by atoms with E-state index in [0.717, 1.165) is 25.9 Å². The Morgan fingerprint density at radius 3 is 2.34 bits per heavy atom. The Hall–Kier alpha value is -3.07. The molecule has 0 radical (unpaired) electrons. The smallest absolute Gasteiger partial charge is 0.278 e. The first-order valence-corrected chi connectivity index (χ1v) is 11.1. The van der Waals surface area contributed by atoms with E-state index in [-0.39, 0.29) is 17.3 Å². The number of hydrogen-bond acceptors (Lipinski definition) is 5. The largest absolute Gasteiger partial charge is 0.342 e. The van der Waals surface area contributed by atoms with E-state index in [9.17, 15) is 18.8 Å². The van der Waals surface area contributed by atoms with Crippen molar-refractivity contribution in [2.24, 2.45) is 0 Å². The summed E-state index contributed by atoms with van der Waals surface area (Å²) in [6.45, 7) is 5.56. The van der Waals surface area contributed by atoms with Crippen LogP contribution in [0.4, 0.5) is 4.39 Å². The van der Waals surface area contributed by atoms with Gasteiger partial charge in [0.1, 0.15) is 11.5 Å². The number of carbonyl (C=O) groups is 2. The van der Waals surface area contributed by atoms with Gasteiger partial charge >= 0.3 is 0 Å². The second-order valence-corrected chi connectivity index (χ2v) is 8.37. The van der Waals surface area contributed by atoms with Crippen LogP contribution in [0.2, 0.25) is 0 Å². The number of carbonyl (C=O) groups excluding carboxylic acids is 2. The van der Waals surface area contributed by atoms with E-state index in [1.54, 1.807) is 30.0 Å². The highest BCUT2D eigenvalue weighted by molar-refractivity contribution is 5.92. The number of rotatable bonds is 4. The number of nitrogens with zero attached hydrogens (tertiary/aromatic N) is 5. The van der Waals surface area contributed by atoms with Crippen molar-refractivity contribution in [1.82, 2.24) is 24.5 Å². The van der Waals surface area contributed by atoms with E-state index in [1.807, 2.05) is 9.80 Å². The molecule has 2 fully saturated rings. The van der Waals surface area contributed by atoms with Crippen LogP contribution in [-0.2, 0) is 4.79 Å². The fourth-order valence-electron chi connectivity index (χ4n) is 4.26. The molecule has 0 spiro atoms. The standard InChI is InChI=1S/C23H28FN5O3/c1-17-15-20(30)22(25-29(17)19-8-4-3-7-18(19)24)23(32)28-13-11-26(12-14-28)16-21(31)27-9-5-2-6-10-27/h3-4,7-8,15H,2,5-6,9-14,16H2,1H3. The molecule has 4 rings (SSSR count). The average Bonchev–Trinajstić information content (AvgIpc) is 2.80. The second kappa shape index (κ2) is 9.60. The van der Waals surface area contributed by atoms with Crippen LogP contribution in [0.1, 0.15) is 35.4 Å². The van der Waals surface area contributed by atoms with Crippen molar-refractivity contribution in [2.45, 2.75) is 26.2 Å². The molecule has 3 heterocycles. The number of halogens is 1. The lowest BCUT2D eigenvalue weighted by Gasteiger charge is -2.35. The Morgan fingerprint density at radius 2 is 1.66 bits per heavy atom. The van der Waals surface area contributed by atoms with Crippen molar-refractivity contribution < 1.29 is 14.0 Å². The van der Waals surface area contributed by atoms with Crippen molar-refractivity contribution in [3.8, 4) is 5.69 Å². The molecule has 2 saturated heterocycles. The maximum absolute atomic E-state index is 14.3. The number of para-hydroxylation sites is 1. The summed E-state index contributed by atoms with van der Waals surface area (Å²) in [5.41, 5.74) is -0.0859. The number of piperidine rings is 1. The molecule has 0 unspecified atom stereocenters. The third-order valence-electron chi connectivity index (χ3n) is 6.12. The molecule has 0 saturated carbocycles. The van der Waals surface area contributed by atoms with Gasteiger partial charge in [-0.3, -0.25) is 19.3 Å². The van der Waals surface area contributed by atoms with Crippen molar-refractivity contribution in [1.29, 1.82) is 0 Å². The molecule has 0 bridgehead atoms. The molecule has 32 heavy (non-hydrogen) atoms. The number of amides is 2. The van der Waals surface area contributed by atoms with Gasteiger partial charge in [0.05, 0.1) is 6.54 Å². The van der Waals surface area contributed by atoms with Gasteiger partial charge in [-0.2, -0.15) is 5.10 Å². The van der Waals surface area contributed by atoms with Gasteiger partial charge in [0, 0.05) is 51.0 Å². The lowest BCUT2D eigenvalue weighted by Crippen LogP contribution is -2.52. The third kappa shape index (κ3) is 4.72. The first-order chi connectivity index (χ1) is 15.4. The number of hydrogen-bond donors (Lipinski definition) is 0. The lowest BCUT2D eigenvalue weighted by molar-refractivity contribution is -0.133. The van der Waals surface area contributed by atoms with Crippen molar-refractivity contribution in [3.05, 3.63) is 57.8 Å². The van der Waals surface area contributed by atoms with Gasteiger partial charge in [-0.15, -0.1) is 0 Å². The van der Waals surface area contributed by atoms with Gasteiger partial charge in [-0.25, -0.2) is 9.07 Å². The van der Waals surface area contributed by atoms with Gasteiger partial charge in [0.2, 0.25) is 11.3 Å². The summed E-state index contributed by atoms with van der Waals surface area (Å²) in [6, 6.07) is 7.40. The highest BCUT2D eigenvalue weighted by atomic mass is 19.1. The molecule has 2 amide bonds. The van der Waals surface area contributed by atoms with Crippen LogP contribution in [0.5, 0.6) is 0 Å². The first kappa shape index (κ1) is 22.1. The van der Waals surface area contributed by atoms with Crippen LogP contribution >= 0.6 is 0 Å². The zero-order chi connectivity index (χ0) is 22.7. The zero-order valence-corrected chi connectivity index (χ0v) is 18.3. The van der Waals surface area contributed by atoms with Crippen LogP contribution in [0.15, 0.2) is 35.1 Å². The van der Waals surface area contributed by atoms with E-state index in [4.69, 9.17) is 0 Å². The molecule has 9 heteroatoms. The number of benzene rings is 1. The summed E-state index contributed by atoms with van der Waals surface area (Å²) >= 11 is 0. The van der Waals surface area contributed by atoms with Gasteiger partial charge < -0.3 is 9.80 Å². The summed E-state index contributed by atoms with van der Waals surface area (Å²) in [5, 5.41) is 4.21. The topological polar surface area (TPSA) is 78.8 Å². The number of likely N-dealkylation sites (tertiary alicyclic amines) is 1. The first-order valence-electron chi connectivity index (χ1n) is 11.1. The fraction of sp³-hybridized carbons (Fsp3) is 0.478. The molecule has 0 aliphatic carbocycles. The summed E-state index contributed by atoms with van der Waals surface area (Å²) in [5.74, 6) is -0.823. The maximum Gasteiger partial charge on any atom is 0.278 e. The van der Waals surface area contributed by atoms with Crippen LogP contribution < -0.4 is 5.43 Å². The molecule has 1 aromatic carbocycles. The molecule has 8 nitrogen and oxygen atoms in total. The predicted octanol–water partition coefficient (Wildman–Crippen LogP) is 1.45.